The molecule has 0 aliphatic rings. The molecule has 2 rings (SSSR count). The van der Waals surface area contributed by atoms with Crippen molar-refractivity contribution in [1.29, 1.82) is 0 Å². The number of rotatable bonds is 9. The van der Waals surface area contributed by atoms with E-state index < -0.39 is 5.97 Å². The van der Waals surface area contributed by atoms with Crippen molar-refractivity contribution < 1.29 is 23.8 Å². The lowest BCUT2D eigenvalue weighted by molar-refractivity contribution is -0.131. The van der Waals surface area contributed by atoms with Crippen LogP contribution in [0.1, 0.15) is 44.0 Å². The molecule has 27 heavy (non-hydrogen) atoms. The molecular weight excluding hydrogens is 346 g/mol. The first kappa shape index (κ1) is 20.3. The molecule has 0 bridgehead atoms. The van der Waals surface area contributed by atoms with Gasteiger partial charge in [-0.2, -0.15) is 0 Å². The normalized spacial score (nSPS) is 10.2. The van der Waals surface area contributed by atoms with Gasteiger partial charge >= 0.3 is 5.97 Å². The lowest BCUT2D eigenvalue weighted by Crippen LogP contribution is -2.12. The highest BCUT2D eigenvalue weighted by molar-refractivity contribution is 6.04. The number of ether oxygens (including phenoxy) is 3. The maximum absolute atomic E-state index is 12.4. The molecule has 0 unspecified atom stereocenters. The third-order valence-corrected chi connectivity index (χ3v) is 3.50. The van der Waals surface area contributed by atoms with Gasteiger partial charge in [-0.05, 0) is 49.2 Å². The number of amides is 1. The van der Waals surface area contributed by atoms with Crippen LogP contribution in [0.2, 0.25) is 0 Å². The summed E-state index contributed by atoms with van der Waals surface area (Å²) in [5, 5.41) is 2.84. The van der Waals surface area contributed by atoms with Gasteiger partial charge in [-0.15, -0.1) is 0 Å². The van der Waals surface area contributed by atoms with E-state index in [1.807, 2.05) is 13.8 Å². The SMILES string of the molecule is CCCOc1ccc(NC(=O)c2ccc(OC(C)=O)cc2)cc1OCCC. The average molecular weight is 371 g/mol. The van der Waals surface area contributed by atoms with Crippen LogP contribution in [-0.2, 0) is 4.79 Å². The van der Waals surface area contributed by atoms with E-state index in [-0.39, 0.29) is 5.91 Å². The van der Waals surface area contributed by atoms with Crippen LogP contribution < -0.4 is 19.5 Å². The van der Waals surface area contributed by atoms with Gasteiger partial charge in [-0.3, -0.25) is 9.59 Å². The van der Waals surface area contributed by atoms with E-state index in [4.69, 9.17) is 14.2 Å². The first-order valence-electron chi connectivity index (χ1n) is 9.03. The van der Waals surface area contributed by atoms with Crippen molar-refractivity contribution in [3.8, 4) is 17.2 Å². The fourth-order valence-corrected chi connectivity index (χ4v) is 2.29. The fraction of sp³-hybridized carbons (Fsp3) is 0.333. The van der Waals surface area contributed by atoms with Crippen molar-refractivity contribution >= 4 is 17.6 Å². The molecule has 6 heteroatoms. The van der Waals surface area contributed by atoms with E-state index in [0.717, 1.165) is 12.8 Å². The molecule has 2 aromatic rings. The maximum atomic E-state index is 12.4. The Labute approximate surface area is 159 Å². The summed E-state index contributed by atoms with van der Waals surface area (Å²) >= 11 is 0. The van der Waals surface area contributed by atoms with E-state index in [2.05, 4.69) is 5.32 Å². The largest absolute Gasteiger partial charge is 0.490 e. The highest BCUT2D eigenvalue weighted by Crippen LogP contribution is 2.31. The Morgan fingerprint density at radius 2 is 1.52 bits per heavy atom. The van der Waals surface area contributed by atoms with Gasteiger partial charge in [0, 0.05) is 24.2 Å². The molecule has 144 valence electrons. The molecule has 0 saturated carbocycles. The van der Waals surface area contributed by atoms with Crippen molar-refractivity contribution in [3.05, 3.63) is 48.0 Å². The third-order valence-electron chi connectivity index (χ3n) is 3.50. The van der Waals surface area contributed by atoms with Gasteiger partial charge < -0.3 is 19.5 Å². The van der Waals surface area contributed by atoms with Crippen molar-refractivity contribution in [2.45, 2.75) is 33.6 Å². The number of nitrogens with one attached hydrogen (secondary N) is 1. The van der Waals surface area contributed by atoms with Crippen LogP contribution in [0.3, 0.4) is 0 Å². The Morgan fingerprint density at radius 3 is 2.11 bits per heavy atom. The van der Waals surface area contributed by atoms with Crippen LogP contribution in [-0.4, -0.2) is 25.1 Å². The Kier molecular flexibility index (Phi) is 7.67. The molecule has 0 atom stereocenters. The summed E-state index contributed by atoms with van der Waals surface area (Å²) in [4.78, 5) is 23.4. The lowest BCUT2D eigenvalue weighted by atomic mass is 10.2. The Balaban J connectivity index is 2.10. The Bertz CT molecular complexity index is 771. The number of benzene rings is 2. The Morgan fingerprint density at radius 1 is 0.889 bits per heavy atom. The quantitative estimate of drug-likeness (QED) is 0.521. The van der Waals surface area contributed by atoms with Crippen LogP contribution in [0.5, 0.6) is 17.2 Å². The molecule has 6 nitrogen and oxygen atoms in total. The molecule has 0 aliphatic carbocycles. The van der Waals surface area contributed by atoms with E-state index >= 15 is 0 Å². The predicted octanol–water partition coefficient (Wildman–Crippen LogP) is 4.44. The zero-order valence-corrected chi connectivity index (χ0v) is 15.9. The van der Waals surface area contributed by atoms with Crippen LogP contribution in [0.15, 0.2) is 42.5 Å². The van der Waals surface area contributed by atoms with Crippen LogP contribution >= 0.6 is 0 Å². The zero-order valence-electron chi connectivity index (χ0n) is 15.9. The summed E-state index contributed by atoms with van der Waals surface area (Å²) in [6.45, 7) is 6.55. The summed E-state index contributed by atoms with van der Waals surface area (Å²) in [6.07, 6.45) is 1.77. The van der Waals surface area contributed by atoms with Gasteiger partial charge in [0.05, 0.1) is 13.2 Å². The molecule has 0 aliphatic heterocycles. The van der Waals surface area contributed by atoms with Gasteiger partial charge in [0.25, 0.3) is 5.91 Å². The van der Waals surface area contributed by atoms with Crippen molar-refractivity contribution in [1.82, 2.24) is 0 Å². The number of anilines is 1. The summed E-state index contributed by atoms with van der Waals surface area (Å²) in [5.41, 5.74) is 1.06. The molecule has 0 radical (unpaired) electrons. The highest BCUT2D eigenvalue weighted by Gasteiger charge is 2.11. The topological polar surface area (TPSA) is 73.9 Å². The second kappa shape index (κ2) is 10.2. The van der Waals surface area contributed by atoms with Crippen molar-refractivity contribution in [2.75, 3.05) is 18.5 Å². The monoisotopic (exact) mass is 371 g/mol. The van der Waals surface area contributed by atoms with E-state index in [9.17, 15) is 9.59 Å². The van der Waals surface area contributed by atoms with E-state index in [1.54, 1.807) is 42.5 Å². The highest BCUT2D eigenvalue weighted by atomic mass is 16.5. The van der Waals surface area contributed by atoms with Gasteiger partial charge in [-0.1, -0.05) is 13.8 Å². The third kappa shape index (κ3) is 6.33. The van der Waals surface area contributed by atoms with Crippen LogP contribution in [0.25, 0.3) is 0 Å². The molecule has 0 spiro atoms. The number of carbonyl (C=O) groups excluding carboxylic acids is 2. The maximum Gasteiger partial charge on any atom is 0.308 e. The van der Waals surface area contributed by atoms with E-state index in [1.165, 1.54) is 6.92 Å². The predicted molar refractivity (Wildman–Crippen MR) is 104 cm³/mol. The van der Waals surface area contributed by atoms with Gasteiger partial charge in [-0.25, -0.2) is 0 Å². The second-order valence-corrected chi connectivity index (χ2v) is 5.93. The molecule has 0 fully saturated rings. The molecular formula is C21H25NO5. The number of hydrogen-bond acceptors (Lipinski definition) is 5. The zero-order chi connectivity index (χ0) is 19.6. The van der Waals surface area contributed by atoms with Crippen LogP contribution in [0.4, 0.5) is 5.69 Å². The van der Waals surface area contributed by atoms with Gasteiger partial charge in [0.1, 0.15) is 5.75 Å². The van der Waals surface area contributed by atoms with Gasteiger partial charge in [0.2, 0.25) is 0 Å². The first-order valence-corrected chi connectivity index (χ1v) is 9.03. The lowest BCUT2D eigenvalue weighted by Gasteiger charge is -2.14. The first-order chi connectivity index (χ1) is 13.0. The second-order valence-electron chi connectivity index (χ2n) is 5.93. The Hall–Kier alpha value is -3.02. The standard InChI is InChI=1S/C21H25NO5/c1-4-12-25-19-11-8-17(14-20(19)26-13-5-2)22-21(24)16-6-9-18(10-7-16)27-15(3)23/h6-11,14H,4-5,12-13H2,1-3H3,(H,22,24). The molecule has 2 aromatic carbocycles. The molecule has 1 amide bonds. The van der Waals surface area contributed by atoms with Crippen molar-refractivity contribution in [3.63, 3.8) is 0 Å². The molecule has 0 aromatic heterocycles. The minimum absolute atomic E-state index is 0.270. The fourth-order valence-electron chi connectivity index (χ4n) is 2.29. The number of esters is 1. The summed E-state index contributed by atoms with van der Waals surface area (Å²) in [5.74, 6) is 0.985. The minimum atomic E-state index is -0.405. The summed E-state index contributed by atoms with van der Waals surface area (Å²) in [7, 11) is 0. The minimum Gasteiger partial charge on any atom is -0.490 e. The van der Waals surface area contributed by atoms with Gasteiger partial charge in [0.15, 0.2) is 11.5 Å². The summed E-state index contributed by atoms with van der Waals surface area (Å²) in [6, 6.07) is 11.7. The molecule has 1 N–H and O–H groups in total. The van der Waals surface area contributed by atoms with Crippen LogP contribution in [0, 0.1) is 0 Å². The number of carbonyl (C=O) groups is 2. The summed E-state index contributed by atoms with van der Waals surface area (Å²) < 4.78 is 16.4. The average Bonchev–Trinajstić information content (AvgIpc) is 2.65. The van der Waals surface area contributed by atoms with Crippen molar-refractivity contribution in [2.24, 2.45) is 0 Å². The van der Waals surface area contributed by atoms with E-state index in [0.29, 0.717) is 41.7 Å². The molecule has 0 heterocycles. The number of hydrogen-bond donors (Lipinski definition) is 1. The smallest absolute Gasteiger partial charge is 0.308 e. The molecule has 0 saturated heterocycles.